The molecule has 4 heterocycles. The standard InChI is InChI=1S/C19H26N4OS/c24-19(12-18-4-3-11-25-18)22-13-16(6-10-21-8-1-2-9-21)14-23-17(15-22)5-7-20-23/h3-5,7,11,16H,1-2,6,8-10,12-15H2/t16-/m0/s1. The predicted molar refractivity (Wildman–Crippen MR) is 99.4 cm³/mol. The molecule has 2 aliphatic heterocycles. The summed E-state index contributed by atoms with van der Waals surface area (Å²) in [5.74, 6) is 0.720. The second-order valence-electron chi connectivity index (χ2n) is 7.24. The van der Waals surface area contributed by atoms with Gasteiger partial charge in [0, 0.05) is 24.2 Å². The summed E-state index contributed by atoms with van der Waals surface area (Å²) in [5, 5.41) is 6.52. The Hall–Kier alpha value is -1.66. The Bertz CT molecular complexity index is 690. The molecule has 1 saturated heterocycles. The van der Waals surface area contributed by atoms with E-state index >= 15 is 0 Å². The van der Waals surface area contributed by atoms with Gasteiger partial charge in [-0.05, 0) is 62.3 Å². The van der Waals surface area contributed by atoms with Crippen LogP contribution in [0.2, 0.25) is 0 Å². The van der Waals surface area contributed by atoms with E-state index in [0.717, 1.165) is 36.6 Å². The molecule has 0 bridgehead atoms. The van der Waals surface area contributed by atoms with Crippen molar-refractivity contribution in [3.63, 3.8) is 0 Å². The number of hydrogen-bond donors (Lipinski definition) is 0. The number of hydrogen-bond acceptors (Lipinski definition) is 4. The van der Waals surface area contributed by atoms with Crippen LogP contribution in [0.15, 0.2) is 29.8 Å². The molecule has 0 N–H and O–H groups in total. The van der Waals surface area contributed by atoms with E-state index in [-0.39, 0.29) is 5.91 Å². The molecule has 2 aromatic rings. The number of likely N-dealkylation sites (tertiary alicyclic amines) is 1. The normalized spacial score (nSPS) is 21.3. The van der Waals surface area contributed by atoms with Crippen molar-refractivity contribution in [2.75, 3.05) is 26.2 Å². The van der Waals surface area contributed by atoms with Crippen molar-refractivity contribution < 1.29 is 4.79 Å². The van der Waals surface area contributed by atoms with Gasteiger partial charge in [-0.25, -0.2) is 0 Å². The highest BCUT2D eigenvalue weighted by Crippen LogP contribution is 2.21. The smallest absolute Gasteiger partial charge is 0.228 e. The fourth-order valence-corrected chi connectivity index (χ4v) is 4.65. The average molecular weight is 359 g/mol. The summed E-state index contributed by atoms with van der Waals surface area (Å²) in [5.41, 5.74) is 1.16. The van der Waals surface area contributed by atoms with Crippen LogP contribution in [0.25, 0.3) is 0 Å². The third-order valence-corrected chi connectivity index (χ3v) is 6.25. The molecule has 1 amide bonds. The molecule has 0 saturated carbocycles. The number of carbonyl (C=O) groups excluding carboxylic acids is 1. The van der Waals surface area contributed by atoms with Crippen LogP contribution < -0.4 is 0 Å². The molecule has 2 aromatic heterocycles. The zero-order valence-electron chi connectivity index (χ0n) is 14.6. The first-order valence-corrected chi connectivity index (χ1v) is 10.2. The van der Waals surface area contributed by atoms with Crippen LogP contribution in [0.1, 0.15) is 29.8 Å². The van der Waals surface area contributed by atoms with E-state index < -0.39 is 0 Å². The van der Waals surface area contributed by atoms with Crippen molar-refractivity contribution >= 4 is 17.2 Å². The molecule has 2 aliphatic rings. The lowest BCUT2D eigenvalue weighted by atomic mass is 10.0. The van der Waals surface area contributed by atoms with Gasteiger partial charge in [0.1, 0.15) is 0 Å². The second-order valence-corrected chi connectivity index (χ2v) is 8.27. The molecule has 134 valence electrons. The summed E-state index contributed by atoms with van der Waals surface area (Å²) >= 11 is 1.66. The van der Waals surface area contributed by atoms with E-state index in [1.54, 1.807) is 11.3 Å². The van der Waals surface area contributed by atoms with E-state index in [9.17, 15) is 4.79 Å². The van der Waals surface area contributed by atoms with Crippen LogP contribution in [-0.4, -0.2) is 51.7 Å². The molecule has 0 radical (unpaired) electrons. The lowest BCUT2D eigenvalue weighted by molar-refractivity contribution is -0.131. The quantitative estimate of drug-likeness (QED) is 0.825. The van der Waals surface area contributed by atoms with Gasteiger partial charge in [0.25, 0.3) is 0 Å². The fourth-order valence-electron chi connectivity index (χ4n) is 3.95. The molecular formula is C19H26N4OS. The van der Waals surface area contributed by atoms with Gasteiger partial charge in [0.05, 0.1) is 18.7 Å². The van der Waals surface area contributed by atoms with E-state index in [4.69, 9.17) is 0 Å². The Morgan fingerprint density at radius 2 is 2.12 bits per heavy atom. The molecule has 0 aliphatic carbocycles. The molecule has 1 fully saturated rings. The number of fused-ring (bicyclic) bond motifs is 1. The Morgan fingerprint density at radius 3 is 2.92 bits per heavy atom. The summed E-state index contributed by atoms with van der Waals surface area (Å²) < 4.78 is 2.10. The minimum atomic E-state index is 0.239. The largest absolute Gasteiger partial charge is 0.336 e. The monoisotopic (exact) mass is 358 g/mol. The number of thiophene rings is 1. The van der Waals surface area contributed by atoms with E-state index in [2.05, 4.69) is 25.6 Å². The maximum atomic E-state index is 12.8. The predicted octanol–water partition coefficient (Wildman–Crippen LogP) is 2.63. The Balaban J connectivity index is 1.43. The van der Waals surface area contributed by atoms with Crippen molar-refractivity contribution in [1.82, 2.24) is 19.6 Å². The molecule has 0 aromatic carbocycles. The van der Waals surface area contributed by atoms with Crippen molar-refractivity contribution in [2.24, 2.45) is 5.92 Å². The van der Waals surface area contributed by atoms with Crippen LogP contribution in [-0.2, 0) is 24.3 Å². The first-order chi connectivity index (χ1) is 12.3. The van der Waals surface area contributed by atoms with Crippen LogP contribution in [0.5, 0.6) is 0 Å². The van der Waals surface area contributed by atoms with Gasteiger partial charge in [-0.3, -0.25) is 9.48 Å². The second kappa shape index (κ2) is 7.70. The number of amides is 1. The SMILES string of the molecule is O=C(Cc1cccs1)N1Cc2ccnn2C[C@@H](CCN2CCCC2)C1. The first-order valence-electron chi connectivity index (χ1n) is 9.31. The molecule has 4 rings (SSSR count). The number of aromatic nitrogens is 2. The highest BCUT2D eigenvalue weighted by Gasteiger charge is 2.26. The zero-order valence-corrected chi connectivity index (χ0v) is 15.5. The van der Waals surface area contributed by atoms with Gasteiger partial charge in [-0.1, -0.05) is 6.07 Å². The minimum Gasteiger partial charge on any atom is -0.336 e. The third-order valence-electron chi connectivity index (χ3n) is 5.38. The summed E-state index contributed by atoms with van der Waals surface area (Å²) in [7, 11) is 0. The van der Waals surface area contributed by atoms with Gasteiger partial charge in [0.15, 0.2) is 0 Å². The molecule has 5 nitrogen and oxygen atoms in total. The number of rotatable bonds is 5. The first kappa shape index (κ1) is 16.8. The Labute approximate surface area is 153 Å². The van der Waals surface area contributed by atoms with Crippen molar-refractivity contribution in [3.8, 4) is 0 Å². The Kier molecular flexibility index (Phi) is 5.17. The molecule has 25 heavy (non-hydrogen) atoms. The van der Waals surface area contributed by atoms with E-state index in [1.807, 2.05) is 23.7 Å². The molecule has 1 atom stereocenters. The summed E-state index contributed by atoms with van der Waals surface area (Å²) in [6, 6.07) is 6.12. The third kappa shape index (κ3) is 4.12. The lowest BCUT2D eigenvalue weighted by Crippen LogP contribution is -2.36. The van der Waals surface area contributed by atoms with Gasteiger partial charge in [0.2, 0.25) is 5.91 Å². The maximum Gasteiger partial charge on any atom is 0.228 e. The van der Waals surface area contributed by atoms with Crippen molar-refractivity contribution in [2.45, 2.75) is 38.8 Å². The maximum absolute atomic E-state index is 12.8. The van der Waals surface area contributed by atoms with Crippen molar-refractivity contribution in [3.05, 3.63) is 40.3 Å². The zero-order chi connectivity index (χ0) is 17.1. The average Bonchev–Trinajstić information content (AvgIpc) is 3.35. The molecule has 6 heteroatoms. The molecule has 0 unspecified atom stereocenters. The van der Waals surface area contributed by atoms with E-state index in [1.165, 1.54) is 25.9 Å². The molecule has 0 spiro atoms. The minimum absolute atomic E-state index is 0.239. The van der Waals surface area contributed by atoms with Gasteiger partial charge >= 0.3 is 0 Å². The highest BCUT2D eigenvalue weighted by atomic mass is 32.1. The van der Waals surface area contributed by atoms with Crippen LogP contribution >= 0.6 is 11.3 Å². The van der Waals surface area contributed by atoms with Crippen LogP contribution in [0.3, 0.4) is 0 Å². The van der Waals surface area contributed by atoms with Crippen LogP contribution in [0.4, 0.5) is 0 Å². The Morgan fingerprint density at radius 1 is 1.24 bits per heavy atom. The fraction of sp³-hybridized carbons (Fsp3) is 0.579. The van der Waals surface area contributed by atoms with Gasteiger partial charge in [-0.2, -0.15) is 5.10 Å². The van der Waals surface area contributed by atoms with Gasteiger partial charge in [-0.15, -0.1) is 11.3 Å². The van der Waals surface area contributed by atoms with Gasteiger partial charge < -0.3 is 9.80 Å². The number of carbonyl (C=O) groups is 1. The van der Waals surface area contributed by atoms with Crippen LogP contribution in [0, 0.1) is 5.92 Å². The summed E-state index contributed by atoms with van der Waals surface area (Å²) in [6.07, 6.45) is 6.19. The van der Waals surface area contributed by atoms with Crippen molar-refractivity contribution in [1.29, 1.82) is 0 Å². The summed E-state index contributed by atoms with van der Waals surface area (Å²) in [4.78, 5) is 18.6. The highest BCUT2D eigenvalue weighted by molar-refractivity contribution is 7.10. The number of nitrogens with zero attached hydrogens (tertiary/aromatic N) is 4. The lowest BCUT2D eigenvalue weighted by Gasteiger charge is -2.25. The topological polar surface area (TPSA) is 41.4 Å². The summed E-state index contributed by atoms with van der Waals surface area (Å²) in [6.45, 7) is 6.08. The van der Waals surface area contributed by atoms with E-state index in [0.29, 0.717) is 18.9 Å². The molecular weight excluding hydrogens is 332 g/mol.